The highest BCUT2D eigenvalue weighted by molar-refractivity contribution is 5.28. The molecule has 0 aromatic carbocycles. The zero-order chi connectivity index (χ0) is 57.2. The van der Waals surface area contributed by atoms with Crippen LogP contribution in [0.5, 0.6) is 0 Å². The van der Waals surface area contributed by atoms with Crippen LogP contribution in [-0.4, -0.2) is 9.97 Å². The number of rotatable bonds is 70. The molecule has 0 aliphatic carbocycles. The van der Waals surface area contributed by atoms with Gasteiger partial charge in [0.1, 0.15) is 5.82 Å². The molecule has 0 bridgehead atoms. The van der Waals surface area contributed by atoms with Gasteiger partial charge in [0.15, 0.2) is 0 Å². The second-order valence-corrected chi connectivity index (χ2v) is 26.8. The van der Waals surface area contributed by atoms with Gasteiger partial charge in [0.25, 0.3) is 0 Å². The van der Waals surface area contributed by atoms with E-state index in [1.165, 1.54) is 442 Å². The molecule has 0 fully saturated rings. The van der Waals surface area contributed by atoms with Gasteiger partial charge < -0.3 is 0 Å². The summed E-state index contributed by atoms with van der Waals surface area (Å²) in [6.45, 7) is 9.11. The van der Waals surface area contributed by atoms with E-state index in [-0.39, 0.29) is 0 Å². The van der Waals surface area contributed by atoms with Gasteiger partial charge in [0.05, 0.1) is 0 Å². The average Bonchev–Trinajstić information content (AvgIpc) is 3.49. The third-order valence-electron chi connectivity index (χ3n) is 18.8. The number of hydrogen-bond acceptors (Lipinski definition) is 2. The highest BCUT2D eigenvalue weighted by atomic mass is 14.9. The third kappa shape index (κ3) is 56.2. The van der Waals surface area contributed by atoms with Gasteiger partial charge in [-0.25, -0.2) is 9.97 Å². The lowest BCUT2D eigenvalue weighted by molar-refractivity contribution is 0.518. The van der Waals surface area contributed by atoms with E-state index >= 15 is 0 Å². The van der Waals surface area contributed by atoms with Crippen LogP contribution in [0.4, 0.5) is 0 Å². The van der Waals surface area contributed by atoms with E-state index in [0.717, 1.165) is 18.7 Å². The monoisotopic (exact) mass is 1120 g/mol. The first kappa shape index (κ1) is 77.1. The molecular weight excluding hydrogens is 965 g/mol. The first-order valence-corrected chi connectivity index (χ1v) is 38.4. The Kier molecular flexibility index (Phi) is 64.8. The van der Waals surface area contributed by atoms with Crippen molar-refractivity contribution in [3.8, 4) is 0 Å². The first-order valence-electron chi connectivity index (χ1n) is 38.4. The summed E-state index contributed by atoms with van der Waals surface area (Å²) in [6.07, 6.45) is 101. The maximum absolute atomic E-state index is 5.26. The lowest BCUT2D eigenvalue weighted by Gasteiger charge is -2.16. The second kappa shape index (κ2) is 67.2. The van der Waals surface area contributed by atoms with Crippen molar-refractivity contribution in [1.82, 2.24) is 9.97 Å². The summed E-state index contributed by atoms with van der Waals surface area (Å²) in [4.78, 5) is 10.5. The Morgan fingerprint density at radius 3 is 0.475 bits per heavy atom. The zero-order valence-corrected chi connectivity index (χ0v) is 56.3. The summed E-state index contributed by atoms with van der Waals surface area (Å²) in [6, 6.07) is 0. The van der Waals surface area contributed by atoms with Crippen LogP contribution in [0.1, 0.15) is 474 Å². The number of hydrogen-bond donors (Lipinski definition) is 0. The zero-order valence-electron chi connectivity index (χ0n) is 56.3. The lowest BCUT2D eigenvalue weighted by Crippen LogP contribution is -2.10. The normalized spacial score (nSPS) is 11.8. The topological polar surface area (TPSA) is 25.8 Å². The highest BCUT2D eigenvalue weighted by Gasteiger charge is 2.15. The second-order valence-electron chi connectivity index (χ2n) is 26.8. The van der Waals surface area contributed by atoms with E-state index in [4.69, 9.17) is 9.97 Å². The molecule has 1 rings (SSSR count). The van der Waals surface area contributed by atoms with Crippen LogP contribution in [0.2, 0.25) is 0 Å². The molecule has 1 heterocycles. The van der Waals surface area contributed by atoms with Crippen LogP contribution < -0.4 is 0 Å². The Labute approximate surface area is 507 Å². The van der Waals surface area contributed by atoms with E-state index in [1.807, 2.05) is 0 Å². The van der Waals surface area contributed by atoms with Crippen LogP contribution in [0.25, 0.3) is 0 Å². The summed E-state index contributed by atoms with van der Waals surface area (Å²) in [5.74, 6) is 0.991. The Morgan fingerprint density at radius 2 is 0.325 bits per heavy atom. The van der Waals surface area contributed by atoms with E-state index in [2.05, 4.69) is 34.1 Å². The summed E-state index contributed by atoms with van der Waals surface area (Å²) in [5.41, 5.74) is 4.40. The quantitative estimate of drug-likeness (QED) is 0.0608. The van der Waals surface area contributed by atoms with Crippen molar-refractivity contribution in [3.63, 3.8) is 0 Å². The minimum Gasteiger partial charge on any atom is -0.237 e. The van der Waals surface area contributed by atoms with Crippen molar-refractivity contribution in [3.05, 3.63) is 29.2 Å². The van der Waals surface area contributed by atoms with Crippen LogP contribution in [-0.2, 0) is 19.3 Å². The molecule has 1 aromatic heterocycles. The lowest BCUT2D eigenvalue weighted by atomic mass is 9.96. The minimum absolute atomic E-state index is 0.991. The van der Waals surface area contributed by atoms with Crippen LogP contribution in [0.15, 0.2) is 0 Å². The van der Waals surface area contributed by atoms with Gasteiger partial charge in [-0.3, -0.25) is 0 Å². The van der Waals surface area contributed by atoms with E-state index in [9.17, 15) is 0 Å². The van der Waals surface area contributed by atoms with Crippen LogP contribution in [0.3, 0.4) is 0 Å². The fourth-order valence-corrected chi connectivity index (χ4v) is 13.1. The van der Waals surface area contributed by atoms with Gasteiger partial charge in [-0.05, 0) is 44.1 Å². The molecule has 1 radical (unpaired) electrons. The summed E-state index contributed by atoms with van der Waals surface area (Å²) >= 11 is 0. The largest absolute Gasteiger partial charge is 0.237 e. The minimum atomic E-state index is 0.991. The van der Waals surface area contributed by atoms with Crippen molar-refractivity contribution in [2.75, 3.05) is 0 Å². The van der Waals surface area contributed by atoms with Gasteiger partial charge >= 0.3 is 0 Å². The smallest absolute Gasteiger partial charge is 0.132 e. The van der Waals surface area contributed by atoms with Crippen molar-refractivity contribution in [2.45, 2.75) is 471 Å². The fraction of sp³-hybridized carbons (Fsp3) is 0.936. The molecule has 0 saturated carbocycles. The summed E-state index contributed by atoms with van der Waals surface area (Å²) in [5, 5.41) is 0. The Bertz CT molecular complexity index is 1220. The Morgan fingerprint density at radius 1 is 0.188 bits per heavy atom. The van der Waals surface area contributed by atoms with Gasteiger partial charge in [0, 0.05) is 17.8 Å². The van der Waals surface area contributed by atoms with E-state index in [0.29, 0.717) is 0 Å². The van der Waals surface area contributed by atoms with Crippen molar-refractivity contribution in [2.24, 2.45) is 0 Å². The molecule has 0 aliphatic heterocycles. The molecule has 0 aliphatic rings. The maximum atomic E-state index is 5.26. The molecule has 2 heteroatoms. The summed E-state index contributed by atoms with van der Waals surface area (Å²) < 4.78 is 0. The molecule has 0 amide bonds. The first-order chi connectivity index (χ1) is 39.8. The molecular formula is C78H151N2. The predicted molar refractivity (Wildman–Crippen MR) is 364 cm³/mol. The number of aromatic nitrogens is 2. The Hall–Kier alpha value is -0.920. The predicted octanol–water partition coefficient (Wildman–Crippen LogP) is 28.5. The van der Waals surface area contributed by atoms with Crippen molar-refractivity contribution in [1.29, 1.82) is 0 Å². The molecule has 0 N–H and O–H groups in total. The molecule has 473 valence electrons. The fourth-order valence-electron chi connectivity index (χ4n) is 13.1. The summed E-state index contributed by atoms with van der Waals surface area (Å²) in [7, 11) is 0. The molecule has 0 atom stereocenters. The number of unbranched alkanes of at least 4 members (excludes halogenated alkanes) is 63. The van der Waals surface area contributed by atoms with Gasteiger partial charge in [-0.2, -0.15) is 0 Å². The van der Waals surface area contributed by atoms with Crippen LogP contribution >= 0.6 is 0 Å². The number of nitrogens with zero attached hydrogens (tertiary/aromatic N) is 2. The molecule has 2 nitrogen and oxygen atoms in total. The molecule has 0 spiro atoms. The SMILES string of the molecule is C[CH]c1nc(CCCCCCCCCCCCCCCCCCCCCCCC)c(CCCCCCCCCCCCCCCCCCCCCCCC)c(CCCCCCCCCCCCCCCCCCCCCCCC)n1. The van der Waals surface area contributed by atoms with E-state index in [1.54, 1.807) is 5.56 Å². The molecule has 80 heavy (non-hydrogen) atoms. The number of aryl methyl sites for hydroxylation is 2. The van der Waals surface area contributed by atoms with Gasteiger partial charge in [0.2, 0.25) is 0 Å². The van der Waals surface area contributed by atoms with E-state index < -0.39 is 0 Å². The molecule has 0 saturated heterocycles. The molecule has 0 unspecified atom stereocenters. The average molecular weight is 1120 g/mol. The standard InChI is InChI=1S/C78H151N2/c1-5-9-12-15-18-21-24-27-30-33-36-39-42-45-48-51-54-57-60-63-66-69-72-75-76(73-70-67-64-61-58-55-52-49-46-43-40-37-34-31-28-25-22-19-16-13-10-6-2)79-78(8-4)80-77(75)74-71-68-65-62-59-56-53-50-47-44-41-38-35-32-29-26-23-20-17-14-11-7-3/h8H,5-7,9-74H2,1-4H3. The maximum Gasteiger partial charge on any atom is 0.132 e. The highest BCUT2D eigenvalue weighted by Crippen LogP contribution is 2.24. The van der Waals surface area contributed by atoms with Gasteiger partial charge in [-0.15, -0.1) is 0 Å². The van der Waals surface area contributed by atoms with Gasteiger partial charge in [-0.1, -0.05) is 432 Å². The Balaban J connectivity index is 2.34. The van der Waals surface area contributed by atoms with Crippen molar-refractivity contribution >= 4 is 0 Å². The van der Waals surface area contributed by atoms with Crippen molar-refractivity contribution < 1.29 is 0 Å². The van der Waals surface area contributed by atoms with Crippen LogP contribution in [0, 0.1) is 6.42 Å². The third-order valence-corrected chi connectivity index (χ3v) is 18.8. The molecule has 1 aromatic rings.